The SMILES string of the molecule is CCOC1CC(N)(C(=O)NCC2CCN(S(=O)(=O)C(F)F)CC2)C1(C)C. The number of rotatable bonds is 7. The summed E-state index contributed by atoms with van der Waals surface area (Å²) in [6.07, 6.45) is 1.24. The molecule has 2 unspecified atom stereocenters. The van der Waals surface area contributed by atoms with Crippen LogP contribution < -0.4 is 11.1 Å². The smallest absolute Gasteiger partial charge is 0.350 e. The molecule has 7 nitrogen and oxygen atoms in total. The number of nitrogens with zero attached hydrogens (tertiary/aromatic N) is 1. The van der Waals surface area contributed by atoms with Crippen LogP contribution in [-0.4, -0.2) is 62.3 Å². The molecule has 1 saturated carbocycles. The summed E-state index contributed by atoms with van der Waals surface area (Å²) >= 11 is 0. The molecule has 10 heteroatoms. The van der Waals surface area contributed by atoms with Crippen LogP contribution in [0.25, 0.3) is 0 Å². The van der Waals surface area contributed by atoms with Crippen LogP contribution in [0.1, 0.15) is 40.0 Å². The topological polar surface area (TPSA) is 102 Å². The van der Waals surface area contributed by atoms with E-state index in [4.69, 9.17) is 10.5 Å². The predicted molar refractivity (Wildman–Crippen MR) is 93.0 cm³/mol. The fourth-order valence-corrected chi connectivity index (χ4v) is 4.64. The van der Waals surface area contributed by atoms with E-state index in [2.05, 4.69) is 5.32 Å². The largest absolute Gasteiger partial charge is 0.378 e. The van der Waals surface area contributed by atoms with Crippen molar-refractivity contribution in [2.45, 2.75) is 57.4 Å². The van der Waals surface area contributed by atoms with Crippen molar-refractivity contribution in [2.75, 3.05) is 26.2 Å². The molecule has 0 spiro atoms. The van der Waals surface area contributed by atoms with Crippen LogP contribution in [0.3, 0.4) is 0 Å². The van der Waals surface area contributed by atoms with Gasteiger partial charge >= 0.3 is 5.76 Å². The summed E-state index contributed by atoms with van der Waals surface area (Å²) in [5.41, 5.74) is 4.82. The fourth-order valence-electron chi connectivity index (χ4n) is 3.70. The van der Waals surface area contributed by atoms with Crippen molar-refractivity contribution in [2.24, 2.45) is 17.1 Å². The molecule has 2 aliphatic rings. The summed E-state index contributed by atoms with van der Waals surface area (Å²) < 4.78 is 54.5. The third-order valence-electron chi connectivity index (χ3n) is 5.94. The first-order chi connectivity index (χ1) is 12.0. The second-order valence-electron chi connectivity index (χ2n) is 7.70. The molecule has 0 radical (unpaired) electrons. The summed E-state index contributed by atoms with van der Waals surface area (Å²) in [6, 6.07) is 0. The lowest BCUT2D eigenvalue weighted by Crippen LogP contribution is -2.75. The molecule has 1 saturated heterocycles. The third-order valence-corrected chi connectivity index (χ3v) is 7.48. The minimum Gasteiger partial charge on any atom is -0.378 e. The van der Waals surface area contributed by atoms with Gasteiger partial charge in [0.2, 0.25) is 5.91 Å². The molecular formula is C16H29F2N3O4S. The maximum Gasteiger partial charge on any atom is 0.350 e. The van der Waals surface area contributed by atoms with Gasteiger partial charge in [-0.05, 0) is 25.7 Å². The van der Waals surface area contributed by atoms with Crippen molar-refractivity contribution < 1.29 is 26.7 Å². The average molecular weight is 397 g/mol. The van der Waals surface area contributed by atoms with Crippen LogP contribution in [0.5, 0.6) is 0 Å². The van der Waals surface area contributed by atoms with Gasteiger partial charge in [-0.2, -0.15) is 13.1 Å². The molecule has 3 N–H and O–H groups in total. The lowest BCUT2D eigenvalue weighted by molar-refractivity contribution is -0.170. The third kappa shape index (κ3) is 3.74. The van der Waals surface area contributed by atoms with Crippen molar-refractivity contribution in [1.82, 2.24) is 9.62 Å². The fraction of sp³-hybridized carbons (Fsp3) is 0.938. The minimum absolute atomic E-state index is 0.0394. The van der Waals surface area contributed by atoms with E-state index in [1.54, 1.807) is 0 Å². The quantitative estimate of drug-likeness (QED) is 0.665. The van der Waals surface area contributed by atoms with Crippen molar-refractivity contribution in [3.8, 4) is 0 Å². The Labute approximate surface area is 153 Å². The molecule has 2 atom stereocenters. The van der Waals surface area contributed by atoms with Crippen LogP contribution >= 0.6 is 0 Å². The molecule has 0 aromatic heterocycles. The van der Waals surface area contributed by atoms with Crippen LogP contribution in [0, 0.1) is 11.3 Å². The van der Waals surface area contributed by atoms with Gasteiger partial charge in [0.15, 0.2) is 0 Å². The highest BCUT2D eigenvalue weighted by atomic mass is 32.2. The van der Waals surface area contributed by atoms with Gasteiger partial charge in [0.25, 0.3) is 10.0 Å². The van der Waals surface area contributed by atoms with Gasteiger partial charge < -0.3 is 15.8 Å². The zero-order valence-corrected chi connectivity index (χ0v) is 16.3. The molecule has 1 amide bonds. The summed E-state index contributed by atoms with van der Waals surface area (Å²) in [7, 11) is -4.52. The molecule has 152 valence electrons. The maximum atomic E-state index is 12.6. The number of sulfonamides is 1. The van der Waals surface area contributed by atoms with E-state index in [1.165, 1.54) is 0 Å². The van der Waals surface area contributed by atoms with Gasteiger partial charge in [-0.15, -0.1) is 0 Å². The first-order valence-electron chi connectivity index (χ1n) is 8.92. The highest BCUT2D eigenvalue weighted by molar-refractivity contribution is 7.89. The number of halogens is 2. The Morgan fingerprint density at radius 3 is 2.38 bits per heavy atom. The number of hydrogen-bond donors (Lipinski definition) is 2. The first-order valence-corrected chi connectivity index (χ1v) is 10.4. The lowest BCUT2D eigenvalue weighted by atomic mass is 9.54. The Morgan fingerprint density at radius 2 is 1.92 bits per heavy atom. The summed E-state index contributed by atoms with van der Waals surface area (Å²) in [5, 5.41) is 2.85. The molecule has 1 aliphatic carbocycles. The molecule has 1 heterocycles. The first kappa shape index (κ1) is 21.5. The van der Waals surface area contributed by atoms with E-state index in [9.17, 15) is 22.0 Å². The molecule has 0 aromatic carbocycles. The highest BCUT2D eigenvalue weighted by Crippen LogP contribution is 2.49. The molecule has 2 fully saturated rings. The van der Waals surface area contributed by atoms with Gasteiger partial charge in [0.05, 0.1) is 6.10 Å². The van der Waals surface area contributed by atoms with E-state index < -0.39 is 26.7 Å². The monoisotopic (exact) mass is 397 g/mol. The van der Waals surface area contributed by atoms with Crippen LogP contribution in [0.2, 0.25) is 0 Å². The van der Waals surface area contributed by atoms with E-state index >= 15 is 0 Å². The Morgan fingerprint density at radius 1 is 1.35 bits per heavy atom. The summed E-state index contributed by atoms with van der Waals surface area (Å²) in [5.74, 6) is -3.60. The van der Waals surface area contributed by atoms with E-state index in [1.807, 2.05) is 20.8 Å². The molecule has 2 rings (SSSR count). The predicted octanol–water partition coefficient (Wildman–Crippen LogP) is 0.900. The zero-order valence-electron chi connectivity index (χ0n) is 15.5. The Balaban J connectivity index is 1.83. The second-order valence-corrected chi connectivity index (χ2v) is 9.60. The second kappa shape index (κ2) is 7.65. The summed E-state index contributed by atoms with van der Waals surface area (Å²) in [6.45, 7) is 6.71. The normalized spacial score (nSPS) is 30.2. The molecule has 0 bridgehead atoms. The van der Waals surface area contributed by atoms with Crippen molar-refractivity contribution in [3.63, 3.8) is 0 Å². The van der Waals surface area contributed by atoms with Gasteiger partial charge in [-0.1, -0.05) is 13.8 Å². The Kier molecular flexibility index (Phi) is 6.31. The Bertz CT molecular complexity index is 621. The molecule has 0 aromatic rings. The van der Waals surface area contributed by atoms with E-state index in [0.717, 1.165) is 4.31 Å². The number of ether oxygens (including phenoxy) is 1. The van der Waals surface area contributed by atoms with E-state index in [0.29, 0.717) is 32.4 Å². The van der Waals surface area contributed by atoms with Gasteiger partial charge in [-0.25, -0.2) is 8.42 Å². The standard InChI is InChI=1S/C16H29F2N3O4S/c1-4-25-12-9-16(19,15(12,2)3)13(22)20-10-11-5-7-21(8-6-11)26(23,24)14(17)18/h11-12,14H,4-10,19H2,1-3H3,(H,20,22). The number of alkyl halides is 2. The van der Waals surface area contributed by atoms with E-state index in [-0.39, 0.29) is 31.0 Å². The number of piperidine rings is 1. The molecular weight excluding hydrogens is 368 g/mol. The zero-order chi connectivity index (χ0) is 19.8. The summed E-state index contributed by atoms with van der Waals surface area (Å²) in [4.78, 5) is 12.6. The number of carbonyl (C=O) groups is 1. The lowest BCUT2D eigenvalue weighted by Gasteiger charge is -2.57. The van der Waals surface area contributed by atoms with Gasteiger partial charge in [0, 0.05) is 38.1 Å². The number of hydrogen-bond acceptors (Lipinski definition) is 5. The molecule has 26 heavy (non-hydrogen) atoms. The number of nitrogens with one attached hydrogen (secondary N) is 1. The molecule has 1 aliphatic heterocycles. The average Bonchev–Trinajstić information content (AvgIpc) is 2.59. The number of nitrogens with two attached hydrogens (primary N) is 1. The van der Waals surface area contributed by atoms with Crippen molar-refractivity contribution >= 4 is 15.9 Å². The van der Waals surface area contributed by atoms with Gasteiger partial charge in [0.1, 0.15) is 5.54 Å². The maximum absolute atomic E-state index is 12.6. The Hall–Kier alpha value is -0.840. The van der Waals surface area contributed by atoms with Gasteiger partial charge in [-0.3, -0.25) is 4.79 Å². The minimum atomic E-state index is -4.52. The van der Waals surface area contributed by atoms with Crippen molar-refractivity contribution in [3.05, 3.63) is 0 Å². The van der Waals surface area contributed by atoms with Crippen molar-refractivity contribution in [1.29, 1.82) is 0 Å². The van der Waals surface area contributed by atoms with Crippen LogP contribution in [-0.2, 0) is 19.6 Å². The highest BCUT2D eigenvalue weighted by Gasteiger charge is 2.62. The van der Waals surface area contributed by atoms with Crippen LogP contribution in [0.4, 0.5) is 8.78 Å². The number of amides is 1. The number of carbonyl (C=O) groups excluding carboxylic acids is 1. The van der Waals surface area contributed by atoms with Crippen LogP contribution in [0.15, 0.2) is 0 Å².